The van der Waals surface area contributed by atoms with Gasteiger partial charge in [-0.25, -0.2) is 0 Å². The predicted octanol–water partition coefficient (Wildman–Crippen LogP) is 0.871. The summed E-state index contributed by atoms with van der Waals surface area (Å²) >= 11 is 4.62. The molecule has 0 spiro atoms. The second-order valence-corrected chi connectivity index (χ2v) is 3.26. The Morgan fingerprint density at radius 3 is 2.75 bits per heavy atom. The molecule has 1 aromatic carbocycles. The van der Waals surface area contributed by atoms with E-state index in [0.29, 0.717) is 11.5 Å². The first-order valence-electron chi connectivity index (χ1n) is 4.48. The van der Waals surface area contributed by atoms with Crippen molar-refractivity contribution in [3.8, 4) is 11.5 Å². The first kappa shape index (κ1) is 12.3. The average molecular weight is 239 g/mol. The molecule has 0 heterocycles. The van der Waals surface area contributed by atoms with Crippen molar-refractivity contribution >= 4 is 23.5 Å². The molecule has 0 saturated carbocycles. The second kappa shape index (κ2) is 5.92. The quantitative estimate of drug-likeness (QED) is 0.463. The van der Waals surface area contributed by atoms with Crippen LogP contribution in [0.3, 0.4) is 0 Å². The average Bonchev–Trinajstić information content (AvgIpc) is 2.28. The Morgan fingerprint density at radius 2 is 2.19 bits per heavy atom. The zero-order valence-corrected chi connectivity index (χ0v) is 9.88. The number of hydrogen-bond acceptors (Lipinski definition) is 4. The van der Waals surface area contributed by atoms with Crippen molar-refractivity contribution in [3.05, 3.63) is 23.8 Å². The van der Waals surface area contributed by atoms with Crippen LogP contribution in [-0.2, 0) is 0 Å². The van der Waals surface area contributed by atoms with Crippen molar-refractivity contribution < 1.29 is 9.47 Å². The fourth-order valence-electron chi connectivity index (χ4n) is 1.18. The maximum atomic E-state index is 5.23. The van der Waals surface area contributed by atoms with E-state index in [1.54, 1.807) is 26.5 Å². The van der Waals surface area contributed by atoms with Crippen LogP contribution < -0.4 is 20.6 Å². The van der Waals surface area contributed by atoms with Crippen LogP contribution in [0.4, 0.5) is 0 Å². The van der Waals surface area contributed by atoms with Crippen LogP contribution in [0.25, 0.3) is 0 Å². The second-order valence-electron chi connectivity index (χ2n) is 2.82. The highest BCUT2D eigenvalue weighted by molar-refractivity contribution is 7.80. The molecule has 0 bridgehead atoms. The van der Waals surface area contributed by atoms with E-state index in [1.165, 1.54) is 0 Å². The summed E-state index contributed by atoms with van der Waals surface area (Å²) in [5.41, 5.74) is 8.47. The summed E-state index contributed by atoms with van der Waals surface area (Å²) in [5.74, 6) is 1.25. The van der Waals surface area contributed by atoms with E-state index < -0.39 is 0 Å². The molecule has 6 heteroatoms. The molecule has 0 aliphatic heterocycles. The number of benzene rings is 1. The molecule has 0 aliphatic rings. The highest BCUT2D eigenvalue weighted by Crippen LogP contribution is 2.29. The Balaban J connectivity index is 2.94. The van der Waals surface area contributed by atoms with E-state index in [-0.39, 0.29) is 5.11 Å². The lowest BCUT2D eigenvalue weighted by Gasteiger charge is -2.09. The van der Waals surface area contributed by atoms with Gasteiger partial charge < -0.3 is 15.2 Å². The number of nitrogens with zero attached hydrogens (tertiary/aromatic N) is 1. The van der Waals surface area contributed by atoms with Gasteiger partial charge in [0.05, 0.1) is 20.4 Å². The maximum Gasteiger partial charge on any atom is 0.184 e. The lowest BCUT2D eigenvalue weighted by Crippen LogP contribution is -2.24. The van der Waals surface area contributed by atoms with Gasteiger partial charge in [0.25, 0.3) is 0 Å². The number of ether oxygens (including phenoxy) is 2. The Bertz CT molecular complexity index is 407. The normalized spacial score (nSPS) is 10.1. The molecule has 0 radical (unpaired) electrons. The van der Waals surface area contributed by atoms with Gasteiger partial charge in [-0.3, -0.25) is 5.43 Å². The van der Waals surface area contributed by atoms with Crippen molar-refractivity contribution in [1.82, 2.24) is 5.43 Å². The molecule has 1 rings (SSSR count). The molecule has 0 saturated heterocycles. The Kier molecular flexibility index (Phi) is 4.53. The number of hydrazone groups is 1. The first-order chi connectivity index (χ1) is 7.69. The fourth-order valence-corrected chi connectivity index (χ4v) is 1.23. The molecule has 0 aliphatic carbocycles. The highest BCUT2D eigenvalue weighted by Gasteiger charge is 2.06. The zero-order chi connectivity index (χ0) is 12.0. The van der Waals surface area contributed by atoms with Gasteiger partial charge in [-0.15, -0.1) is 0 Å². The van der Waals surface area contributed by atoms with Gasteiger partial charge in [0, 0.05) is 5.56 Å². The lowest BCUT2D eigenvalue weighted by atomic mass is 10.2. The molecule has 0 atom stereocenters. The summed E-state index contributed by atoms with van der Waals surface area (Å²) in [6.45, 7) is 0. The molecule has 86 valence electrons. The van der Waals surface area contributed by atoms with Crippen molar-refractivity contribution in [1.29, 1.82) is 0 Å². The largest absolute Gasteiger partial charge is 0.493 e. The van der Waals surface area contributed by atoms with Crippen molar-refractivity contribution in [2.75, 3.05) is 14.2 Å². The van der Waals surface area contributed by atoms with Gasteiger partial charge >= 0.3 is 0 Å². The molecular formula is C10H13N3O2S. The van der Waals surface area contributed by atoms with Crippen LogP contribution in [0.1, 0.15) is 5.56 Å². The van der Waals surface area contributed by atoms with E-state index in [0.717, 1.165) is 5.56 Å². The van der Waals surface area contributed by atoms with Crippen LogP contribution in [0.2, 0.25) is 0 Å². The van der Waals surface area contributed by atoms with Crippen LogP contribution in [-0.4, -0.2) is 25.5 Å². The topological polar surface area (TPSA) is 68.9 Å². The van der Waals surface area contributed by atoms with E-state index >= 15 is 0 Å². The Labute approximate surface area is 99.2 Å². The van der Waals surface area contributed by atoms with Gasteiger partial charge in [-0.1, -0.05) is 6.07 Å². The van der Waals surface area contributed by atoms with Gasteiger partial charge in [0.1, 0.15) is 0 Å². The predicted molar refractivity (Wildman–Crippen MR) is 67.1 cm³/mol. The summed E-state index contributed by atoms with van der Waals surface area (Å²) < 4.78 is 10.4. The van der Waals surface area contributed by atoms with Crippen LogP contribution in [0.15, 0.2) is 23.3 Å². The number of methoxy groups -OCH3 is 2. The van der Waals surface area contributed by atoms with Crippen LogP contribution >= 0.6 is 12.2 Å². The molecule has 5 nitrogen and oxygen atoms in total. The number of para-hydroxylation sites is 1. The molecule has 3 N–H and O–H groups in total. The molecule has 16 heavy (non-hydrogen) atoms. The Morgan fingerprint density at radius 1 is 1.44 bits per heavy atom. The molecule has 0 aromatic heterocycles. The Hall–Kier alpha value is -1.82. The van der Waals surface area contributed by atoms with Crippen molar-refractivity contribution in [2.45, 2.75) is 0 Å². The standard InChI is InChI=1S/C10H13N3O2S/c1-14-8-5-3-4-7(9(8)15-2)6-12-13-10(11)16/h3-6H,1-2H3,(H3,11,13,16)/b12-6+. The van der Waals surface area contributed by atoms with Crippen LogP contribution in [0, 0.1) is 0 Å². The van der Waals surface area contributed by atoms with Crippen LogP contribution in [0.5, 0.6) is 11.5 Å². The minimum Gasteiger partial charge on any atom is -0.493 e. The van der Waals surface area contributed by atoms with Gasteiger partial charge in [-0.2, -0.15) is 5.10 Å². The third-order valence-electron chi connectivity index (χ3n) is 1.81. The summed E-state index contributed by atoms with van der Waals surface area (Å²) in [5, 5.41) is 3.96. The summed E-state index contributed by atoms with van der Waals surface area (Å²) in [6.07, 6.45) is 1.56. The summed E-state index contributed by atoms with van der Waals surface area (Å²) in [7, 11) is 3.14. The molecule has 0 fully saturated rings. The van der Waals surface area contributed by atoms with Crippen molar-refractivity contribution in [3.63, 3.8) is 0 Å². The van der Waals surface area contributed by atoms with E-state index in [9.17, 15) is 0 Å². The number of thiocarbonyl (C=S) groups is 1. The SMILES string of the molecule is COc1cccc(/C=N/NC(N)=S)c1OC. The van der Waals surface area contributed by atoms with Crippen molar-refractivity contribution in [2.24, 2.45) is 10.8 Å². The third-order valence-corrected chi connectivity index (χ3v) is 1.90. The minimum absolute atomic E-state index is 0.109. The molecule has 0 unspecified atom stereocenters. The van der Waals surface area contributed by atoms with E-state index in [1.807, 2.05) is 12.1 Å². The zero-order valence-electron chi connectivity index (χ0n) is 9.06. The summed E-state index contributed by atoms with van der Waals surface area (Å²) in [6, 6.07) is 5.48. The van der Waals surface area contributed by atoms with E-state index in [2.05, 4.69) is 22.7 Å². The number of nitrogens with two attached hydrogens (primary N) is 1. The summed E-state index contributed by atoms with van der Waals surface area (Å²) in [4.78, 5) is 0. The van der Waals surface area contributed by atoms with Gasteiger partial charge in [-0.05, 0) is 24.4 Å². The molecule has 1 aromatic rings. The molecule has 0 amide bonds. The maximum absolute atomic E-state index is 5.23. The van der Waals surface area contributed by atoms with E-state index in [4.69, 9.17) is 15.2 Å². The minimum atomic E-state index is 0.109. The number of rotatable bonds is 4. The first-order valence-corrected chi connectivity index (χ1v) is 4.89. The smallest absolute Gasteiger partial charge is 0.184 e. The lowest BCUT2D eigenvalue weighted by molar-refractivity contribution is 0.354. The number of hydrogen-bond donors (Lipinski definition) is 2. The third kappa shape index (κ3) is 3.09. The highest BCUT2D eigenvalue weighted by atomic mass is 32.1. The number of nitrogens with one attached hydrogen (secondary N) is 1. The van der Waals surface area contributed by atoms with Gasteiger partial charge in [0.15, 0.2) is 16.6 Å². The molecular weight excluding hydrogens is 226 g/mol. The monoisotopic (exact) mass is 239 g/mol. The van der Waals surface area contributed by atoms with Gasteiger partial charge in [0.2, 0.25) is 0 Å². The fraction of sp³-hybridized carbons (Fsp3) is 0.200.